The van der Waals surface area contributed by atoms with Crippen molar-refractivity contribution in [2.45, 2.75) is 6.54 Å². The standard InChI is InChI=1S/C17H16N2O/c1-20-16-8-6-13(7-9-16)11-18-15-10-14-4-2-3-5-17(14)19-12-15/h2-10,12,18H,11H2,1H3. The first-order valence-corrected chi connectivity index (χ1v) is 6.57. The van der Waals surface area contributed by atoms with Gasteiger partial charge < -0.3 is 10.1 Å². The monoisotopic (exact) mass is 264 g/mol. The molecule has 3 nitrogen and oxygen atoms in total. The number of hydrogen-bond donors (Lipinski definition) is 1. The number of nitrogens with zero attached hydrogens (tertiary/aromatic N) is 1. The molecule has 1 aromatic heterocycles. The van der Waals surface area contributed by atoms with Gasteiger partial charge in [-0.1, -0.05) is 30.3 Å². The molecule has 3 aromatic rings. The summed E-state index contributed by atoms with van der Waals surface area (Å²) >= 11 is 0. The maximum absolute atomic E-state index is 5.15. The van der Waals surface area contributed by atoms with Crippen molar-refractivity contribution in [2.75, 3.05) is 12.4 Å². The minimum absolute atomic E-state index is 0.768. The van der Waals surface area contributed by atoms with E-state index in [1.54, 1.807) is 7.11 Å². The Kier molecular flexibility index (Phi) is 3.50. The van der Waals surface area contributed by atoms with Gasteiger partial charge in [0.15, 0.2) is 0 Å². The molecule has 0 saturated heterocycles. The molecule has 20 heavy (non-hydrogen) atoms. The summed E-state index contributed by atoms with van der Waals surface area (Å²) in [7, 11) is 1.67. The van der Waals surface area contributed by atoms with E-state index < -0.39 is 0 Å². The molecule has 100 valence electrons. The Morgan fingerprint density at radius 2 is 1.85 bits per heavy atom. The summed E-state index contributed by atoms with van der Waals surface area (Å²) in [6, 6.07) is 18.3. The molecule has 1 heterocycles. The number of anilines is 1. The lowest BCUT2D eigenvalue weighted by Gasteiger charge is -2.08. The number of ether oxygens (including phenoxy) is 1. The van der Waals surface area contributed by atoms with Crippen LogP contribution in [0.1, 0.15) is 5.56 Å². The highest BCUT2D eigenvalue weighted by Crippen LogP contribution is 2.17. The number of fused-ring (bicyclic) bond motifs is 1. The summed E-state index contributed by atoms with van der Waals surface area (Å²) in [6.45, 7) is 0.768. The molecule has 2 aromatic carbocycles. The number of methoxy groups -OCH3 is 1. The van der Waals surface area contributed by atoms with Gasteiger partial charge in [-0.2, -0.15) is 0 Å². The average Bonchev–Trinajstić information content (AvgIpc) is 2.53. The second kappa shape index (κ2) is 5.61. The fourth-order valence-electron chi connectivity index (χ4n) is 2.12. The van der Waals surface area contributed by atoms with Gasteiger partial charge in [0.1, 0.15) is 5.75 Å². The first-order chi connectivity index (χ1) is 9.85. The van der Waals surface area contributed by atoms with Gasteiger partial charge in [0, 0.05) is 11.9 Å². The van der Waals surface area contributed by atoms with Crippen molar-refractivity contribution in [2.24, 2.45) is 0 Å². The summed E-state index contributed by atoms with van der Waals surface area (Å²) in [6.07, 6.45) is 1.87. The zero-order chi connectivity index (χ0) is 13.8. The second-order valence-electron chi connectivity index (χ2n) is 4.62. The van der Waals surface area contributed by atoms with Crippen LogP contribution in [0.3, 0.4) is 0 Å². The Hall–Kier alpha value is -2.55. The van der Waals surface area contributed by atoms with Gasteiger partial charge in [-0.05, 0) is 29.8 Å². The highest BCUT2D eigenvalue weighted by molar-refractivity contribution is 5.81. The number of aromatic nitrogens is 1. The zero-order valence-corrected chi connectivity index (χ0v) is 11.3. The topological polar surface area (TPSA) is 34.1 Å². The van der Waals surface area contributed by atoms with Gasteiger partial charge >= 0.3 is 0 Å². The molecule has 0 bridgehead atoms. The van der Waals surface area contributed by atoms with Crippen LogP contribution in [0.25, 0.3) is 10.9 Å². The quantitative estimate of drug-likeness (QED) is 0.777. The van der Waals surface area contributed by atoms with E-state index in [0.29, 0.717) is 0 Å². The molecular weight excluding hydrogens is 248 g/mol. The number of para-hydroxylation sites is 1. The van der Waals surface area contributed by atoms with Crippen LogP contribution in [-0.4, -0.2) is 12.1 Å². The molecule has 0 radical (unpaired) electrons. The molecule has 3 heteroatoms. The van der Waals surface area contributed by atoms with E-state index in [2.05, 4.69) is 34.6 Å². The normalized spacial score (nSPS) is 10.4. The first-order valence-electron chi connectivity index (χ1n) is 6.57. The van der Waals surface area contributed by atoms with Crippen molar-refractivity contribution in [1.82, 2.24) is 4.98 Å². The number of rotatable bonds is 4. The molecular formula is C17H16N2O. The van der Waals surface area contributed by atoms with Crippen molar-refractivity contribution in [1.29, 1.82) is 0 Å². The van der Waals surface area contributed by atoms with Crippen molar-refractivity contribution in [3.8, 4) is 5.75 Å². The molecule has 1 N–H and O–H groups in total. The lowest BCUT2D eigenvalue weighted by atomic mass is 10.2. The highest BCUT2D eigenvalue weighted by Gasteiger charge is 1.98. The van der Waals surface area contributed by atoms with Crippen molar-refractivity contribution in [3.63, 3.8) is 0 Å². The number of hydrogen-bond acceptors (Lipinski definition) is 3. The lowest BCUT2D eigenvalue weighted by molar-refractivity contribution is 0.414. The lowest BCUT2D eigenvalue weighted by Crippen LogP contribution is -1.99. The summed E-state index contributed by atoms with van der Waals surface area (Å²) in [5.41, 5.74) is 3.25. The Balaban J connectivity index is 1.72. The fourth-order valence-corrected chi connectivity index (χ4v) is 2.12. The van der Waals surface area contributed by atoms with E-state index in [1.165, 1.54) is 5.56 Å². The first kappa shape index (κ1) is 12.5. The molecule has 0 aliphatic carbocycles. The third-order valence-corrected chi connectivity index (χ3v) is 3.25. The van der Waals surface area contributed by atoms with Crippen LogP contribution in [0.5, 0.6) is 5.75 Å². The zero-order valence-electron chi connectivity index (χ0n) is 11.3. The van der Waals surface area contributed by atoms with E-state index >= 15 is 0 Å². The number of benzene rings is 2. The molecule has 3 rings (SSSR count). The minimum Gasteiger partial charge on any atom is -0.497 e. The fraction of sp³-hybridized carbons (Fsp3) is 0.118. The molecule has 0 unspecified atom stereocenters. The molecule has 0 amide bonds. The maximum atomic E-state index is 5.15. The van der Waals surface area contributed by atoms with Gasteiger partial charge in [-0.3, -0.25) is 4.98 Å². The number of nitrogens with one attached hydrogen (secondary N) is 1. The van der Waals surface area contributed by atoms with E-state index in [1.807, 2.05) is 36.5 Å². The summed E-state index contributed by atoms with van der Waals surface area (Å²) in [5.74, 6) is 0.876. The molecule has 0 aliphatic rings. The Morgan fingerprint density at radius 3 is 2.65 bits per heavy atom. The van der Waals surface area contributed by atoms with Gasteiger partial charge in [0.25, 0.3) is 0 Å². The van der Waals surface area contributed by atoms with Crippen LogP contribution >= 0.6 is 0 Å². The summed E-state index contributed by atoms with van der Waals surface area (Å²) in [5, 5.41) is 4.53. The Bertz CT molecular complexity index is 708. The van der Waals surface area contributed by atoms with Crippen LogP contribution < -0.4 is 10.1 Å². The van der Waals surface area contributed by atoms with Gasteiger partial charge in [-0.25, -0.2) is 0 Å². The van der Waals surface area contributed by atoms with E-state index in [0.717, 1.165) is 28.9 Å². The molecule has 0 spiro atoms. The summed E-state index contributed by atoms with van der Waals surface area (Å²) in [4.78, 5) is 4.44. The second-order valence-corrected chi connectivity index (χ2v) is 4.62. The third kappa shape index (κ3) is 2.72. The predicted molar refractivity (Wildman–Crippen MR) is 82.1 cm³/mol. The van der Waals surface area contributed by atoms with Crippen LogP contribution in [0.2, 0.25) is 0 Å². The third-order valence-electron chi connectivity index (χ3n) is 3.25. The Labute approximate surface area is 118 Å². The predicted octanol–water partition coefficient (Wildman–Crippen LogP) is 3.86. The largest absolute Gasteiger partial charge is 0.497 e. The maximum Gasteiger partial charge on any atom is 0.118 e. The van der Waals surface area contributed by atoms with Gasteiger partial charge in [0.05, 0.1) is 24.5 Å². The van der Waals surface area contributed by atoms with E-state index in [4.69, 9.17) is 4.74 Å². The van der Waals surface area contributed by atoms with Crippen LogP contribution in [-0.2, 0) is 6.54 Å². The smallest absolute Gasteiger partial charge is 0.118 e. The molecule has 0 aliphatic heterocycles. The number of pyridine rings is 1. The van der Waals surface area contributed by atoms with Crippen LogP contribution in [0, 0.1) is 0 Å². The van der Waals surface area contributed by atoms with E-state index in [-0.39, 0.29) is 0 Å². The van der Waals surface area contributed by atoms with Crippen molar-refractivity contribution >= 4 is 16.6 Å². The highest BCUT2D eigenvalue weighted by atomic mass is 16.5. The van der Waals surface area contributed by atoms with Crippen LogP contribution in [0.15, 0.2) is 60.8 Å². The average molecular weight is 264 g/mol. The van der Waals surface area contributed by atoms with Crippen molar-refractivity contribution < 1.29 is 4.74 Å². The SMILES string of the molecule is COc1ccc(CNc2cnc3ccccc3c2)cc1. The Morgan fingerprint density at radius 1 is 1.05 bits per heavy atom. The van der Waals surface area contributed by atoms with Gasteiger partial charge in [-0.15, -0.1) is 0 Å². The molecule has 0 atom stereocenters. The molecule has 0 saturated carbocycles. The minimum atomic E-state index is 0.768. The van der Waals surface area contributed by atoms with Crippen molar-refractivity contribution in [3.05, 3.63) is 66.4 Å². The summed E-state index contributed by atoms with van der Waals surface area (Å²) < 4.78 is 5.15. The van der Waals surface area contributed by atoms with Crippen LogP contribution in [0.4, 0.5) is 5.69 Å². The van der Waals surface area contributed by atoms with E-state index in [9.17, 15) is 0 Å². The molecule has 0 fully saturated rings. The van der Waals surface area contributed by atoms with Gasteiger partial charge in [0.2, 0.25) is 0 Å².